The lowest BCUT2D eigenvalue weighted by atomic mass is 9.89. The van der Waals surface area contributed by atoms with Crippen LogP contribution in [0.2, 0.25) is 0 Å². The second-order valence-electron chi connectivity index (χ2n) is 4.10. The zero-order valence-corrected chi connectivity index (χ0v) is 10.0. The molecule has 0 fully saturated rings. The molecule has 0 radical (unpaired) electrons. The Morgan fingerprint density at radius 2 is 1.77 bits per heavy atom. The van der Waals surface area contributed by atoms with Gasteiger partial charge in [0.15, 0.2) is 9.76 Å². The minimum atomic E-state index is -1.01. The summed E-state index contributed by atoms with van der Waals surface area (Å²) in [5, 5.41) is 0.0290. The average Bonchev–Trinajstić information content (AvgIpc) is 2.17. The van der Waals surface area contributed by atoms with Gasteiger partial charge in [-0.15, -0.1) is 0 Å². The summed E-state index contributed by atoms with van der Waals surface area (Å²) in [6, 6.07) is 10.3. The van der Waals surface area contributed by atoms with Gasteiger partial charge in [0.05, 0.1) is 0 Å². The fourth-order valence-corrected chi connectivity index (χ4v) is 2.21. The summed E-state index contributed by atoms with van der Waals surface area (Å²) in [5.41, 5.74) is 1.28. The second-order valence-corrected chi connectivity index (χ2v) is 5.88. The molecule has 0 heterocycles. The van der Waals surface area contributed by atoms with Crippen LogP contribution in [0.5, 0.6) is 0 Å². The van der Waals surface area contributed by atoms with Crippen LogP contribution in [0.1, 0.15) is 26.3 Å². The molecule has 1 rings (SSSR count). The molecule has 2 heteroatoms. The maximum absolute atomic E-state index is 9.55. The average molecular weight is 194 g/mol. The summed E-state index contributed by atoms with van der Waals surface area (Å²) in [6.07, 6.45) is 0. The second kappa shape index (κ2) is 4.07. The molecule has 0 saturated carbocycles. The molecule has 0 aliphatic rings. The van der Waals surface area contributed by atoms with Crippen LogP contribution < -0.4 is 0 Å². The molecule has 0 aliphatic heterocycles. The van der Waals surface area contributed by atoms with Crippen molar-refractivity contribution in [2.45, 2.75) is 25.8 Å². The Hall–Kier alpha value is -0.603. The quantitative estimate of drug-likeness (QED) is 0.725. The summed E-state index contributed by atoms with van der Waals surface area (Å²) >= 11 is 0. The van der Waals surface area contributed by atoms with Crippen molar-refractivity contribution in [3.05, 3.63) is 35.9 Å². The van der Waals surface area contributed by atoms with Crippen molar-refractivity contribution in [1.82, 2.24) is 0 Å². The van der Waals surface area contributed by atoms with Gasteiger partial charge in [0.2, 0.25) is 0 Å². The fourth-order valence-electron chi connectivity index (χ4n) is 1.43. The van der Waals surface area contributed by atoms with Crippen molar-refractivity contribution in [3.63, 3.8) is 0 Å². The van der Waals surface area contributed by atoms with E-state index in [4.69, 9.17) is 0 Å². The van der Waals surface area contributed by atoms with Crippen molar-refractivity contribution < 1.29 is 4.80 Å². The summed E-state index contributed by atoms with van der Waals surface area (Å²) in [5.74, 6) is 0.506. The molecule has 1 atom stereocenters. The maximum Gasteiger partial charge on any atom is 0.167 e. The van der Waals surface area contributed by atoms with Crippen LogP contribution in [0, 0.1) is 5.92 Å². The predicted molar refractivity (Wildman–Crippen MR) is 59.4 cm³/mol. The fraction of sp³-hybridized carbons (Fsp3) is 0.455. The van der Waals surface area contributed by atoms with Gasteiger partial charge in [0.1, 0.15) is 0 Å². The van der Waals surface area contributed by atoms with Gasteiger partial charge in [-0.3, -0.25) is 0 Å². The largest absolute Gasteiger partial charge is 0.437 e. The molecule has 1 unspecified atom stereocenters. The Morgan fingerprint density at radius 1 is 1.23 bits per heavy atom. The first kappa shape index (κ1) is 10.5. The van der Waals surface area contributed by atoms with E-state index in [-0.39, 0.29) is 5.04 Å². The highest BCUT2D eigenvalue weighted by Crippen LogP contribution is 2.29. The van der Waals surface area contributed by atoms with E-state index < -0.39 is 9.76 Å². The van der Waals surface area contributed by atoms with Crippen LogP contribution in [0.15, 0.2) is 30.3 Å². The smallest absolute Gasteiger partial charge is 0.167 e. The highest BCUT2D eigenvalue weighted by atomic mass is 28.2. The minimum Gasteiger partial charge on any atom is -0.437 e. The zero-order chi connectivity index (χ0) is 9.90. The predicted octanol–water partition coefficient (Wildman–Crippen LogP) is 1.63. The highest BCUT2D eigenvalue weighted by Gasteiger charge is 2.29. The van der Waals surface area contributed by atoms with Gasteiger partial charge in [-0.25, -0.2) is 0 Å². The molecule has 0 saturated heterocycles. The molecule has 0 spiro atoms. The third-order valence-corrected chi connectivity index (χ3v) is 4.92. The third kappa shape index (κ3) is 2.01. The van der Waals surface area contributed by atoms with Crippen LogP contribution in [0.4, 0.5) is 0 Å². The summed E-state index contributed by atoms with van der Waals surface area (Å²) in [6.45, 7) is 6.52. The van der Waals surface area contributed by atoms with Gasteiger partial charge in [0.25, 0.3) is 0 Å². The number of benzene rings is 1. The first-order valence-electron chi connectivity index (χ1n) is 4.77. The van der Waals surface area contributed by atoms with E-state index in [1.165, 1.54) is 5.56 Å². The zero-order valence-electron chi connectivity index (χ0n) is 8.62. The summed E-state index contributed by atoms with van der Waals surface area (Å²) in [7, 11) is -1.01. The van der Waals surface area contributed by atoms with Gasteiger partial charge in [0, 0.05) is 5.04 Å². The molecular formula is C11H18OSi. The molecular weight excluding hydrogens is 176 g/mol. The Balaban J connectivity index is 3.03. The molecule has 72 valence electrons. The minimum absolute atomic E-state index is 0.0290. The van der Waals surface area contributed by atoms with Crippen molar-refractivity contribution >= 4 is 9.76 Å². The molecule has 1 aromatic carbocycles. The highest BCUT2D eigenvalue weighted by molar-refractivity contribution is 6.30. The van der Waals surface area contributed by atoms with Crippen LogP contribution in [0.25, 0.3) is 0 Å². The lowest BCUT2D eigenvalue weighted by Gasteiger charge is -2.31. The molecule has 0 amide bonds. The van der Waals surface area contributed by atoms with Gasteiger partial charge in [-0.1, -0.05) is 51.1 Å². The lowest BCUT2D eigenvalue weighted by Crippen LogP contribution is -2.35. The van der Waals surface area contributed by atoms with E-state index in [1.54, 1.807) is 0 Å². The first-order valence-corrected chi connectivity index (χ1v) is 6.11. The summed E-state index contributed by atoms with van der Waals surface area (Å²) < 4.78 is 0. The van der Waals surface area contributed by atoms with Gasteiger partial charge in [-0.2, -0.15) is 0 Å². The Labute approximate surface area is 82.7 Å². The molecule has 0 aliphatic carbocycles. The molecule has 13 heavy (non-hydrogen) atoms. The van der Waals surface area contributed by atoms with E-state index in [1.807, 2.05) is 18.2 Å². The van der Waals surface area contributed by atoms with Crippen LogP contribution in [-0.4, -0.2) is 14.6 Å². The summed E-state index contributed by atoms with van der Waals surface area (Å²) in [4.78, 5) is 9.55. The van der Waals surface area contributed by atoms with E-state index >= 15 is 0 Å². The van der Waals surface area contributed by atoms with E-state index in [2.05, 4.69) is 32.9 Å². The normalized spacial score (nSPS) is 16.7. The van der Waals surface area contributed by atoms with Crippen molar-refractivity contribution in [2.75, 3.05) is 0 Å². The van der Waals surface area contributed by atoms with Crippen LogP contribution >= 0.6 is 0 Å². The molecule has 0 aromatic heterocycles. The Kier molecular flexibility index (Phi) is 3.28. The van der Waals surface area contributed by atoms with Crippen LogP contribution in [0.3, 0.4) is 0 Å². The topological polar surface area (TPSA) is 20.2 Å². The number of hydrogen-bond acceptors (Lipinski definition) is 1. The SMILES string of the molecule is CC(C)C(C)([SiH2]O)c1ccccc1. The van der Waals surface area contributed by atoms with E-state index in [0.717, 1.165) is 0 Å². The van der Waals surface area contributed by atoms with Crippen molar-refractivity contribution in [1.29, 1.82) is 0 Å². The standard InChI is InChI=1S/C11H18OSi/c1-9(2)11(3,13-12)10-7-5-4-6-8-10/h4-9,12H,13H2,1-3H3. The molecule has 1 N–H and O–H groups in total. The molecule has 1 aromatic rings. The molecule has 0 bridgehead atoms. The third-order valence-electron chi connectivity index (χ3n) is 3.04. The molecule has 1 nitrogen and oxygen atoms in total. The lowest BCUT2D eigenvalue weighted by molar-refractivity contribution is 0.418. The van der Waals surface area contributed by atoms with Crippen LogP contribution in [-0.2, 0) is 5.04 Å². The Morgan fingerprint density at radius 3 is 2.15 bits per heavy atom. The number of rotatable bonds is 3. The van der Waals surface area contributed by atoms with E-state index in [9.17, 15) is 4.80 Å². The Bertz CT molecular complexity index is 258. The van der Waals surface area contributed by atoms with Crippen molar-refractivity contribution in [2.24, 2.45) is 5.92 Å². The number of hydrogen-bond donors (Lipinski definition) is 1. The monoisotopic (exact) mass is 194 g/mol. The van der Waals surface area contributed by atoms with E-state index in [0.29, 0.717) is 5.92 Å². The maximum atomic E-state index is 9.55. The van der Waals surface area contributed by atoms with Gasteiger partial charge < -0.3 is 4.80 Å². The van der Waals surface area contributed by atoms with Gasteiger partial charge >= 0.3 is 0 Å². The van der Waals surface area contributed by atoms with Gasteiger partial charge in [-0.05, 0) is 11.5 Å². The first-order chi connectivity index (χ1) is 6.11. The van der Waals surface area contributed by atoms with Crippen molar-refractivity contribution in [3.8, 4) is 0 Å².